The highest BCUT2D eigenvalue weighted by molar-refractivity contribution is 9.10. The van der Waals surface area contributed by atoms with Gasteiger partial charge in [-0.15, -0.1) is 0 Å². The molecule has 1 aromatic rings. The van der Waals surface area contributed by atoms with Crippen LogP contribution < -0.4 is 15.2 Å². The first-order valence-corrected chi connectivity index (χ1v) is 6.77. The Kier molecular flexibility index (Phi) is 5.78. The van der Waals surface area contributed by atoms with Crippen LogP contribution in [0.25, 0.3) is 0 Å². The van der Waals surface area contributed by atoms with Crippen LogP contribution in [0.2, 0.25) is 0 Å². The molecule has 0 saturated carbocycles. The van der Waals surface area contributed by atoms with Gasteiger partial charge in [0.15, 0.2) is 11.5 Å². The molecule has 1 aromatic carbocycles. The van der Waals surface area contributed by atoms with E-state index < -0.39 is 0 Å². The van der Waals surface area contributed by atoms with Crippen LogP contribution in [0.1, 0.15) is 38.8 Å². The van der Waals surface area contributed by atoms with Crippen molar-refractivity contribution in [2.24, 2.45) is 5.73 Å². The van der Waals surface area contributed by atoms with Gasteiger partial charge < -0.3 is 15.2 Å². The summed E-state index contributed by atoms with van der Waals surface area (Å²) < 4.78 is 12.1. The van der Waals surface area contributed by atoms with E-state index in [9.17, 15) is 0 Å². The smallest absolute Gasteiger partial charge is 0.162 e. The summed E-state index contributed by atoms with van der Waals surface area (Å²) in [6, 6.07) is 3.91. The second kappa shape index (κ2) is 6.87. The molecule has 0 bridgehead atoms. The summed E-state index contributed by atoms with van der Waals surface area (Å²) in [5.41, 5.74) is 7.11. The molecule has 17 heavy (non-hydrogen) atoms. The van der Waals surface area contributed by atoms with Gasteiger partial charge >= 0.3 is 0 Å². The fourth-order valence-corrected chi connectivity index (χ4v) is 2.21. The lowest BCUT2D eigenvalue weighted by Gasteiger charge is -2.17. The molecular weight excluding hydrogens is 282 g/mol. The second-order valence-electron chi connectivity index (χ2n) is 3.70. The van der Waals surface area contributed by atoms with Crippen LogP contribution in [0.3, 0.4) is 0 Å². The SMILES string of the molecule is CCOc1cc(Br)c([C@H](N)CC)cc1OCC. The molecule has 0 radical (unpaired) electrons. The van der Waals surface area contributed by atoms with Gasteiger partial charge in [0.2, 0.25) is 0 Å². The van der Waals surface area contributed by atoms with E-state index >= 15 is 0 Å². The quantitative estimate of drug-likeness (QED) is 0.872. The van der Waals surface area contributed by atoms with E-state index in [0.717, 1.165) is 28.0 Å². The maximum atomic E-state index is 6.06. The summed E-state index contributed by atoms with van der Waals surface area (Å²) in [5, 5.41) is 0. The summed E-state index contributed by atoms with van der Waals surface area (Å²) in [6.07, 6.45) is 0.887. The summed E-state index contributed by atoms with van der Waals surface area (Å²) in [5.74, 6) is 1.52. The molecule has 0 saturated heterocycles. The van der Waals surface area contributed by atoms with Crippen LogP contribution in [0.4, 0.5) is 0 Å². The number of hydrogen-bond acceptors (Lipinski definition) is 3. The van der Waals surface area contributed by atoms with Crippen LogP contribution in [0, 0.1) is 0 Å². The lowest BCUT2D eigenvalue weighted by molar-refractivity contribution is 0.287. The van der Waals surface area contributed by atoms with Crippen LogP contribution in [-0.2, 0) is 0 Å². The topological polar surface area (TPSA) is 44.5 Å². The van der Waals surface area contributed by atoms with Gasteiger partial charge in [-0.1, -0.05) is 22.9 Å². The number of benzene rings is 1. The van der Waals surface area contributed by atoms with Gasteiger partial charge in [0.05, 0.1) is 13.2 Å². The van der Waals surface area contributed by atoms with Crippen molar-refractivity contribution in [1.29, 1.82) is 0 Å². The zero-order valence-electron chi connectivity index (χ0n) is 10.6. The Morgan fingerprint density at radius 1 is 1.12 bits per heavy atom. The van der Waals surface area contributed by atoms with Crippen molar-refractivity contribution in [2.75, 3.05) is 13.2 Å². The highest BCUT2D eigenvalue weighted by Gasteiger charge is 2.14. The van der Waals surface area contributed by atoms with Crippen molar-refractivity contribution in [1.82, 2.24) is 0 Å². The molecule has 0 fully saturated rings. The molecule has 4 heteroatoms. The maximum Gasteiger partial charge on any atom is 0.162 e. The Bertz CT molecular complexity index is 369. The van der Waals surface area contributed by atoms with Gasteiger partial charge in [0.1, 0.15) is 0 Å². The predicted octanol–water partition coefficient (Wildman–Crippen LogP) is 3.66. The molecule has 0 aromatic heterocycles. The van der Waals surface area contributed by atoms with E-state index in [4.69, 9.17) is 15.2 Å². The first kappa shape index (κ1) is 14.3. The summed E-state index contributed by atoms with van der Waals surface area (Å²) >= 11 is 3.53. The third-order valence-electron chi connectivity index (χ3n) is 2.50. The van der Waals surface area contributed by atoms with Crippen molar-refractivity contribution < 1.29 is 9.47 Å². The minimum absolute atomic E-state index is 0.0132. The van der Waals surface area contributed by atoms with Crippen LogP contribution in [0.15, 0.2) is 16.6 Å². The van der Waals surface area contributed by atoms with Crippen LogP contribution >= 0.6 is 15.9 Å². The van der Waals surface area contributed by atoms with E-state index in [-0.39, 0.29) is 6.04 Å². The highest BCUT2D eigenvalue weighted by Crippen LogP contribution is 2.36. The molecule has 0 aliphatic carbocycles. The minimum atomic E-state index is 0.0132. The molecule has 1 atom stereocenters. The average Bonchev–Trinajstić information content (AvgIpc) is 2.32. The second-order valence-corrected chi connectivity index (χ2v) is 4.56. The molecule has 96 valence electrons. The largest absolute Gasteiger partial charge is 0.490 e. The third kappa shape index (κ3) is 3.61. The van der Waals surface area contributed by atoms with E-state index in [1.807, 2.05) is 26.0 Å². The van der Waals surface area contributed by atoms with Crippen molar-refractivity contribution in [3.8, 4) is 11.5 Å². The fourth-order valence-electron chi connectivity index (χ4n) is 1.59. The van der Waals surface area contributed by atoms with E-state index in [0.29, 0.717) is 13.2 Å². The third-order valence-corrected chi connectivity index (χ3v) is 3.19. The Hall–Kier alpha value is -0.740. The number of nitrogens with two attached hydrogens (primary N) is 1. The van der Waals surface area contributed by atoms with Crippen molar-refractivity contribution >= 4 is 15.9 Å². The molecule has 0 unspecified atom stereocenters. The number of ether oxygens (including phenoxy) is 2. The lowest BCUT2D eigenvalue weighted by Crippen LogP contribution is -2.10. The summed E-state index contributed by atoms with van der Waals surface area (Å²) in [4.78, 5) is 0. The highest BCUT2D eigenvalue weighted by atomic mass is 79.9. The predicted molar refractivity (Wildman–Crippen MR) is 73.7 cm³/mol. The molecule has 2 N–H and O–H groups in total. The first-order valence-electron chi connectivity index (χ1n) is 5.98. The molecule has 0 amide bonds. The normalized spacial score (nSPS) is 12.3. The van der Waals surface area contributed by atoms with Gasteiger partial charge in [-0.2, -0.15) is 0 Å². The lowest BCUT2D eigenvalue weighted by atomic mass is 10.0. The number of rotatable bonds is 6. The van der Waals surface area contributed by atoms with Gasteiger partial charge in [-0.3, -0.25) is 0 Å². The Balaban J connectivity index is 3.14. The molecule has 3 nitrogen and oxygen atoms in total. The molecule has 0 spiro atoms. The Labute approximate surface area is 111 Å². The Morgan fingerprint density at radius 3 is 2.12 bits per heavy atom. The van der Waals surface area contributed by atoms with E-state index in [1.54, 1.807) is 0 Å². The molecule has 1 rings (SSSR count). The van der Waals surface area contributed by atoms with Crippen LogP contribution in [-0.4, -0.2) is 13.2 Å². The molecule has 0 heterocycles. The summed E-state index contributed by atoms with van der Waals surface area (Å²) in [6.45, 7) is 7.20. The zero-order valence-corrected chi connectivity index (χ0v) is 12.2. The van der Waals surface area contributed by atoms with Gasteiger partial charge in [-0.05, 0) is 38.0 Å². The van der Waals surface area contributed by atoms with Crippen molar-refractivity contribution in [3.63, 3.8) is 0 Å². The standard InChI is InChI=1S/C13H20BrNO2/c1-4-11(15)9-7-12(16-5-2)13(17-6-3)8-10(9)14/h7-8,11H,4-6,15H2,1-3H3/t11-/m1/s1. The van der Waals surface area contributed by atoms with E-state index in [1.165, 1.54) is 0 Å². The van der Waals surface area contributed by atoms with Gasteiger partial charge in [0, 0.05) is 10.5 Å². The van der Waals surface area contributed by atoms with Gasteiger partial charge in [0.25, 0.3) is 0 Å². The number of hydrogen-bond donors (Lipinski definition) is 1. The molecule has 0 aliphatic rings. The van der Waals surface area contributed by atoms with E-state index in [2.05, 4.69) is 22.9 Å². The number of halogens is 1. The van der Waals surface area contributed by atoms with Crippen LogP contribution in [0.5, 0.6) is 11.5 Å². The first-order chi connectivity index (χ1) is 8.13. The molecular formula is C13H20BrNO2. The maximum absolute atomic E-state index is 6.06. The zero-order chi connectivity index (χ0) is 12.8. The van der Waals surface area contributed by atoms with Crippen molar-refractivity contribution in [3.05, 3.63) is 22.2 Å². The van der Waals surface area contributed by atoms with Crippen molar-refractivity contribution in [2.45, 2.75) is 33.2 Å². The fraction of sp³-hybridized carbons (Fsp3) is 0.538. The minimum Gasteiger partial charge on any atom is -0.490 e. The average molecular weight is 302 g/mol. The Morgan fingerprint density at radius 2 is 1.65 bits per heavy atom. The summed E-state index contributed by atoms with van der Waals surface area (Å²) in [7, 11) is 0. The monoisotopic (exact) mass is 301 g/mol. The molecule has 0 aliphatic heterocycles. The van der Waals surface area contributed by atoms with Gasteiger partial charge in [-0.25, -0.2) is 0 Å².